The Hall–Kier alpha value is -2.71. The molecule has 0 unspecified atom stereocenters. The summed E-state index contributed by atoms with van der Waals surface area (Å²) in [6.07, 6.45) is 9.11. The topological polar surface area (TPSA) is 82.0 Å². The molecule has 31 heavy (non-hydrogen) atoms. The number of ether oxygens (including phenoxy) is 2. The predicted molar refractivity (Wildman–Crippen MR) is 123 cm³/mol. The lowest BCUT2D eigenvalue weighted by Crippen LogP contribution is -2.41. The van der Waals surface area contributed by atoms with Crippen LogP contribution in [0.25, 0.3) is 11.3 Å². The molecule has 1 aliphatic rings. The van der Waals surface area contributed by atoms with Crippen molar-refractivity contribution in [3.8, 4) is 17.1 Å². The van der Waals surface area contributed by atoms with Crippen molar-refractivity contribution in [3.63, 3.8) is 0 Å². The Morgan fingerprint density at radius 1 is 1.10 bits per heavy atom. The first-order chi connectivity index (χ1) is 15.2. The smallest absolute Gasteiger partial charge is 0.232 e. The number of hydrogen-bond acceptors (Lipinski definition) is 8. The zero-order chi connectivity index (χ0) is 21.5. The minimum absolute atomic E-state index is 0.0678. The molecule has 1 aliphatic heterocycles. The molecular weight excluding hydrogens is 410 g/mol. The summed E-state index contributed by atoms with van der Waals surface area (Å²) in [4.78, 5) is 17.9. The summed E-state index contributed by atoms with van der Waals surface area (Å²) >= 11 is 1.57. The van der Waals surface area contributed by atoms with Gasteiger partial charge in [-0.25, -0.2) is 15.0 Å². The molecule has 1 N–H and O–H groups in total. The van der Waals surface area contributed by atoms with Crippen LogP contribution in [-0.2, 0) is 10.2 Å². The number of hydrogen-bond donors (Lipinski definition) is 1. The fraction of sp³-hybridized carbons (Fsp3) is 0.391. The first-order valence-corrected chi connectivity index (χ1v) is 11.7. The number of rotatable bonds is 8. The van der Waals surface area contributed by atoms with E-state index in [4.69, 9.17) is 14.5 Å². The van der Waals surface area contributed by atoms with E-state index in [1.807, 2.05) is 25.4 Å². The summed E-state index contributed by atoms with van der Waals surface area (Å²) in [5.41, 5.74) is 3.87. The van der Waals surface area contributed by atoms with Crippen LogP contribution in [0.4, 0.5) is 5.69 Å². The normalized spacial score (nSPS) is 15.4. The van der Waals surface area contributed by atoms with Crippen molar-refractivity contribution in [2.75, 3.05) is 37.9 Å². The van der Waals surface area contributed by atoms with Crippen molar-refractivity contribution in [1.29, 1.82) is 0 Å². The number of nitrogens with one attached hydrogen (secondary N) is 1. The lowest BCUT2D eigenvalue weighted by molar-refractivity contribution is 0.0527. The molecule has 8 heteroatoms. The Kier molecular flexibility index (Phi) is 6.99. The Bertz CT molecular complexity index is 993. The second-order valence-electron chi connectivity index (χ2n) is 7.43. The molecule has 1 fully saturated rings. The molecule has 0 saturated carbocycles. The minimum atomic E-state index is -0.0678. The van der Waals surface area contributed by atoms with Gasteiger partial charge in [-0.2, -0.15) is 0 Å². The Labute approximate surface area is 187 Å². The molecule has 3 heterocycles. The van der Waals surface area contributed by atoms with Crippen molar-refractivity contribution in [2.24, 2.45) is 0 Å². The second-order valence-corrected chi connectivity index (χ2v) is 8.20. The average molecular weight is 438 g/mol. The van der Waals surface area contributed by atoms with E-state index in [9.17, 15) is 0 Å². The Morgan fingerprint density at radius 2 is 1.90 bits per heavy atom. The number of aromatic nitrogens is 4. The third-order valence-corrected chi connectivity index (χ3v) is 6.09. The highest BCUT2D eigenvalue weighted by Crippen LogP contribution is 2.34. The van der Waals surface area contributed by atoms with Crippen LogP contribution < -0.4 is 10.1 Å². The van der Waals surface area contributed by atoms with Crippen LogP contribution in [0.1, 0.15) is 25.5 Å². The van der Waals surface area contributed by atoms with Gasteiger partial charge in [-0.3, -0.25) is 4.98 Å². The molecule has 0 amide bonds. The van der Waals surface area contributed by atoms with Crippen LogP contribution in [0, 0.1) is 0 Å². The SMILES string of the molecule is CCOc1cncc(-c2ccc(NCC3(c4ccnc(SC)n4)CCOCC3)cc2)n1. The number of anilines is 1. The number of nitrogens with zero attached hydrogens (tertiary/aromatic N) is 4. The molecule has 162 valence electrons. The summed E-state index contributed by atoms with van der Waals surface area (Å²) in [5, 5.41) is 4.43. The van der Waals surface area contributed by atoms with E-state index in [-0.39, 0.29) is 5.41 Å². The quantitative estimate of drug-likeness (QED) is 0.414. The van der Waals surface area contributed by atoms with E-state index in [0.717, 1.165) is 60.4 Å². The van der Waals surface area contributed by atoms with Crippen LogP contribution in [0.2, 0.25) is 0 Å². The van der Waals surface area contributed by atoms with E-state index < -0.39 is 0 Å². The van der Waals surface area contributed by atoms with Gasteiger partial charge in [0.15, 0.2) is 5.16 Å². The Morgan fingerprint density at radius 3 is 2.65 bits per heavy atom. The second kappa shape index (κ2) is 10.1. The lowest BCUT2D eigenvalue weighted by Gasteiger charge is -2.37. The van der Waals surface area contributed by atoms with Gasteiger partial charge < -0.3 is 14.8 Å². The predicted octanol–water partition coefficient (Wildman–Crippen LogP) is 4.21. The van der Waals surface area contributed by atoms with Crippen molar-refractivity contribution in [1.82, 2.24) is 19.9 Å². The molecule has 0 aliphatic carbocycles. The maximum Gasteiger partial charge on any atom is 0.232 e. The fourth-order valence-electron chi connectivity index (χ4n) is 3.75. The first kappa shape index (κ1) is 21.5. The summed E-state index contributed by atoms with van der Waals surface area (Å²) in [7, 11) is 0. The van der Waals surface area contributed by atoms with Crippen LogP contribution in [0.3, 0.4) is 0 Å². The average Bonchev–Trinajstić information content (AvgIpc) is 2.84. The van der Waals surface area contributed by atoms with Crippen molar-refractivity contribution < 1.29 is 9.47 Å². The molecule has 7 nitrogen and oxygen atoms in total. The van der Waals surface area contributed by atoms with Gasteiger partial charge in [-0.15, -0.1) is 0 Å². The minimum Gasteiger partial charge on any atom is -0.477 e. The van der Waals surface area contributed by atoms with E-state index in [1.165, 1.54) is 0 Å². The highest BCUT2D eigenvalue weighted by Gasteiger charge is 2.36. The monoisotopic (exact) mass is 437 g/mol. The van der Waals surface area contributed by atoms with E-state index in [1.54, 1.807) is 24.2 Å². The molecule has 1 aromatic carbocycles. The van der Waals surface area contributed by atoms with Crippen LogP contribution >= 0.6 is 11.8 Å². The van der Waals surface area contributed by atoms with Gasteiger partial charge >= 0.3 is 0 Å². The third kappa shape index (κ3) is 5.14. The van der Waals surface area contributed by atoms with Crippen molar-refractivity contribution in [3.05, 3.63) is 54.6 Å². The molecule has 0 bridgehead atoms. The van der Waals surface area contributed by atoms with E-state index >= 15 is 0 Å². The van der Waals surface area contributed by atoms with Gasteiger partial charge in [0, 0.05) is 42.6 Å². The van der Waals surface area contributed by atoms with Gasteiger partial charge in [-0.05, 0) is 44.2 Å². The summed E-state index contributed by atoms with van der Waals surface area (Å²) in [5.74, 6) is 0.540. The van der Waals surface area contributed by atoms with Gasteiger partial charge in [0.05, 0.1) is 30.4 Å². The van der Waals surface area contributed by atoms with Gasteiger partial charge in [0.25, 0.3) is 0 Å². The molecule has 1 saturated heterocycles. The first-order valence-electron chi connectivity index (χ1n) is 10.5. The maximum atomic E-state index is 5.65. The summed E-state index contributed by atoms with van der Waals surface area (Å²) < 4.78 is 11.1. The molecule has 0 radical (unpaired) electrons. The fourth-order valence-corrected chi connectivity index (χ4v) is 4.11. The summed E-state index contributed by atoms with van der Waals surface area (Å²) in [6, 6.07) is 10.3. The van der Waals surface area contributed by atoms with Crippen LogP contribution in [-0.4, -0.2) is 52.6 Å². The number of benzene rings is 1. The lowest BCUT2D eigenvalue weighted by atomic mass is 9.77. The van der Waals surface area contributed by atoms with Crippen molar-refractivity contribution >= 4 is 17.4 Å². The zero-order valence-electron chi connectivity index (χ0n) is 17.9. The molecular formula is C23H27N5O2S. The standard InChI is InChI=1S/C23H27N5O2S/c1-3-30-21-15-24-14-19(27-21)17-4-6-18(7-5-17)26-16-23(9-12-29-13-10-23)20-8-11-25-22(28-20)31-2/h4-8,11,14-15,26H,3,9-10,12-13,16H2,1-2H3. The third-order valence-electron chi connectivity index (χ3n) is 5.53. The largest absolute Gasteiger partial charge is 0.477 e. The van der Waals surface area contributed by atoms with Gasteiger partial charge in [0.1, 0.15) is 0 Å². The van der Waals surface area contributed by atoms with E-state index in [0.29, 0.717) is 12.5 Å². The van der Waals surface area contributed by atoms with Gasteiger partial charge in [0.2, 0.25) is 5.88 Å². The highest BCUT2D eigenvalue weighted by atomic mass is 32.2. The molecule has 4 rings (SSSR count). The molecule has 2 aromatic heterocycles. The van der Waals surface area contributed by atoms with Crippen LogP contribution in [0.5, 0.6) is 5.88 Å². The number of thioether (sulfide) groups is 1. The van der Waals surface area contributed by atoms with Crippen molar-refractivity contribution in [2.45, 2.75) is 30.3 Å². The summed E-state index contributed by atoms with van der Waals surface area (Å²) in [6.45, 7) is 4.78. The van der Waals surface area contributed by atoms with Gasteiger partial charge in [-0.1, -0.05) is 23.9 Å². The van der Waals surface area contributed by atoms with Crippen LogP contribution in [0.15, 0.2) is 54.1 Å². The highest BCUT2D eigenvalue weighted by molar-refractivity contribution is 7.98. The molecule has 0 spiro atoms. The maximum absolute atomic E-state index is 5.65. The van der Waals surface area contributed by atoms with E-state index in [2.05, 4.69) is 44.5 Å². The molecule has 0 atom stereocenters. The Balaban J connectivity index is 1.49. The zero-order valence-corrected chi connectivity index (χ0v) is 18.7. The molecule has 3 aromatic rings.